The molecular formula is C10H8ClN3O. The molecule has 4 nitrogen and oxygen atoms in total. The van der Waals surface area contributed by atoms with E-state index in [1.54, 1.807) is 0 Å². The van der Waals surface area contributed by atoms with Crippen molar-refractivity contribution >= 4 is 22.7 Å². The summed E-state index contributed by atoms with van der Waals surface area (Å²) < 4.78 is 0. The Labute approximate surface area is 91.1 Å². The van der Waals surface area contributed by atoms with E-state index in [4.69, 9.17) is 17.3 Å². The lowest BCUT2D eigenvalue weighted by molar-refractivity contribution is 0.108. The summed E-state index contributed by atoms with van der Waals surface area (Å²) in [5.74, 6) is 0.189. The van der Waals surface area contributed by atoms with E-state index in [9.17, 15) is 4.79 Å². The number of nitrogen functional groups attached to an aromatic ring is 1. The maximum atomic E-state index is 11.1. The largest absolute Gasteiger partial charge is 0.383 e. The lowest BCUT2D eigenvalue weighted by atomic mass is 10.1. The first-order chi connectivity index (χ1) is 7.20. The molecule has 1 aromatic heterocycles. The molecule has 76 valence electrons. The molecular weight excluding hydrogens is 214 g/mol. The van der Waals surface area contributed by atoms with E-state index >= 15 is 0 Å². The lowest BCUT2D eigenvalue weighted by Gasteiger charge is -1.97. The lowest BCUT2D eigenvalue weighted by Crippen LogP contribution is -1.96. The van der Waals surface area contributed by atoms with Gasteiger partial charge in [-0.3, -0.25) is 9.89 Å². The number of benzene rings is 1. The zero-order chi connectivity index (χ0) is 10.8. The van der Waals surface area contributed by atoms with E-state index in [2.05, 4.69) is 10.2 Å². The highest BCUT2D eigenvalue weighted by Crippen LogP contribution is 2.26. The van der Waals surface area contributed by atoms with Crippen molar-refractivity contribution < 1.29 is 4.79 Å². The Morgan fingerprint density at radius 1 is 1.33 bits per heavy atom. The number of rotatable bonds is 2. The van der Waals surface area contributed by atoms with Gasteiger partial charge in [-0.1, -0.05) is 30.3 Å². The standard InChI is InChI=1S/C10H8ClN3O/c11-9(15)7-8(13-14-10(7)12)6-4-2-1-3-5-6/h1-5H,(H3,12,13,14). The Bertz CT molecular complexity index is 493. The molecule has 2 aromatic rings. The van der Waals surface area contributed by atoms with E-state index in [0.29, 0.717) is 5.69 Å². The molecule has 0 radical (unpaired) electrons. The summed E-state index contributed by atoms with van der Waals surface area (Å²) in [4.78, 5) is 11.1. The number of H-pyrrole nitrogens is 1. The van der Waals surface area contributed by atoms with E-state index in [1.807, 2.05) is 30.3 Å². The number of hydrogen-bond acceptors (Lipinski definition) is 3. The van der Waals surface area contributed by atoms with Gasteiger partial charge in [0.2, 0.25) is 0 Å². The summed E-state index contributed by atoms with van der Waals surface area (Å²) in [7, 11) is 0. The molecule has 1 heterocycles. The van der Waals surface area contributed by atoms with Gasteiger partial charge in [0.1, 0.15) is 17.1 Å². The Morgan fingerprint density at radius 2 is 2.00 bits per heavy atom. The van der Waals surface area contributed by atoms with Crippen LogP contribution in [0.3, 0.4) is 0 Å². The van der Waals surface area contributed by atoms with Crippen LogP contribution in [0.1, 0.15) is 10.4 Å². The van der Waals surface area contributed by atoms with Crippen LogP contribution in [0.25, 0.3) is 11.3 Å². The number of nitrogens with zero attached hydrogens (tertiary/aromatic N) is 1. The molecule has 2 rings (SSSR count). The van der Waals surface area contributed by atoms with Gasteiger partial charge in [0, 0.05) is 5.56 Å². The Hall–Kier alpha value is -1.81. The number of halogens is 1. The fourth-order valence-corrected chi connectivity index (χ4v) is 1.55. The van der Waals surface area contributed by atoms with Gasteiger partial charge in [-0.25, -0.2) is 0 Å². The number of hydrogen-bond donors (Lipinski definition) is 2. The fraction of sp³-hybridized carbons (Fsp3) is 0. The van der Waals surface area contributed by atoms with Gasteiger partial charge in [-0.2, -0.15) is 5.10 Å². The van der Waals surface area contributed by atoms with Crippen LogP contribution in [0.5, 0.6) is 0 Å². The molecule has 0 saturated carbocycles. The fourth-order valence-electron chi connectivity index (χ4n) is 1.36. The van der Waals surface area contributed by atoms with Gasteiger partial charge >= 0.3 is 0 Å². The average Bonchev–Trinajstić information content (AvgIpc) is 2.61. The van der Waals surface area contributed by atoms with Gasteiger partial charge in [0.25, 0.3) is 5.24 Å². The van der Waals surface area contributed by atoms with Crippen molar-refractivity contribution in [3.05, 3.63) is 35.9 Å². The molecule has 0 aliphatic carbocycles. The maximum absolute atomic E-state index is 11.1. The number of carbonyl (C=O) groups is 1. The van der Waals surface area contributed by atoms with Crippen LogP contribution < -0.4 is 5.73 Å². The monoisotopic (exact) mass is 221 g/mol. The van der Waals surface area contributed by atoms with Crippen molar-refractivity contribution in [2.75, 3.05) is 5.73 Å². The minimum Gasteiger partial charge on any atom is -0.383 e. The second kappa shape index (κ2) is 3.74. The second-order valence-electron chi connectivity index (χ2n) is 3.00. The number of aromatic amines is 1. The third-order valence-corrected chi connectivity index (χ3v) is 2.23. The molecule has 0 aliphatic heterocycles. The van der Waals surface area contributed by atoms with Gasteiger partial charge in [-0.15, -0.1) is 0 Å². The van der Waals surface area contributed by atoms with Crippen LogP contribution in [0, 0.1) is 0 Å². The zero-order valence-corrected chi connectivity index (χ0v) is 8.45. The van der Waals surface area contributed by atoms with E-state index in [1.165, 1.54) is 0 Å². The van der Waals surface area contributed by atoms with Crippen LogP contribution in [0.15, 0.2) is 30.3 Å². The molecule has 15 heavy (non-hydrogen) atoms. The van der Waals surface area contributed by atoms with Crippen LogP contribution in [-0.2, 0) is 0 Å². The molecule has 1 aromatic carbocycles. The van der Waals surface area contributed by atoms with Crippen molar-refractivity contribution in [3.63, 3.8) is 0 Å². The molecule has 0 spiro atoms. The van der Waals surface area contributed by atoms with Crippen LogP contribution >= 0.6 is 11.6 Å². The van der Waals surface area contributed by atoms with Gasteiger partial charge in [0.15, 0.2) is 0 Å². The summed E-state index contributed by atoms with van der Waals surface area (Å²) in [5, 5.41) is 5.88. The first-order valence-corrected chi connectivity index (χ1v) is 4.67. The van der Waals surface area contributed by atoms with E-state index in [0.717, 1.165) is 5.56 Å². The van der Waals surface area contributed by atoms with Gasteiger partial charge in [-0.05, 0) is 11.6 Å². The van der Waals surface area contributed by atoms with Crippen molar-refractivity contribution in [2.24, 2.45) is 0 Å². The number of carbonyl (C=O) groups excluding carboxylic acids is 1. The Morgan fingerprint density at radius 3 is 2.60 bits per heavy atom. The highest BCUT2D eigenvalue weighted by molar-refractivity contribution is 6.68. The number of nitrogens with two attached hydrogens (primary N) is 1. The predicted molar refractivity (Wildman–Crippen MR) is 58.6 cm³/mol. The molecule has 0 fully saturated rings. The molecule has 0 aliphatic rings. The summed E-state index contributed by atoms with van der Waals surface area (Å²) in [5.41, 5.74) is 7.06. The molecule has 0 amide bonds. The highest BCUT2D eigenvalue weighted by Gasteiger charge is 2.17. The smallest absolute Gasteiger partial charge is 0.258 e. The second-order valence-corrected chi connectivity index (χ2v) is 3.34. The Balaban J connectivity index is 2.59. The molecule has 5 heteroatoms. The highest BCUT2D eigenvalue weighted by atomic mass is 35.5. The van der Waals surface area contributed by atoms with E-state index in [-0.39, 0.29) is 11.4 Å². The third-order valence-electron chi connectivity index (χ3n) is 2.04. The number of nitrogens with one attached hydrogen (secondary N) is 1. The molecule has 0 bridgehead atoms. The van der Waals surface area contributed by atoms with Crippen molar-refractivity contribution in [3.8, 4) is 11.3 Å². The van der Waals surface area contributed by atoms with Crippen molar-refractivity contribution in [2.45, 2.75) is 0 Å². The predicted octanol–water partition coefficient (Wildman–Crippen LogP) is 2.04. The normalized spacial score (nSPS) is 10.2. The summed E-state index contributed by atoms with van der Waals surface area (Å²) >= 11 is 5.43. The third kappa shape index (κ3) is 1.71. The SMILES string of the molecule is Nc1[nH]nc(-c2ccccc2)c1C(=O)Cl. The number of aromatic nitrogens is 2. The summed E-state index contributed by atoms with van der Waals surface area (Å²) in [6.45, 7) is 0. The summed E-state index contributed by atoms with van der Waals surface area (Å²) in [6, 6.07) is 9.24. The maximum Gasteiger partial charge on any atom is 0.258 e. The minimum atomic E-state index is -0.611. The first kappa shape index (κ1) is 9.73. The Kier molecular flexibility index (Phi) is 2.43. The molecule has 3 N–H and O–H groups in total. The van der Waals surface area contributed by atoms with Crippen molar-refractivity contribution in [1.29, 1.82) is 0 Å². The zero-order valence-electron chi connectivity index (χ0n) is 7.70. The topological polar surface area (TPSA) is 71.8 Å². The first-order valence-electron chi connectivity index (χ1n) is 4.29. The minimum absolute atomic E-state index is 0.189. The molecule has 0 saturated heterocycles. The van der Waals surface area contributed by atoms with Gasteiger partial charge in [0.05, 0.1) is 0 Å². The summed E-state index contributed by atoms with van der Waals surface area (Å²) in [6.07, 6.45) is 0. The van der Waals surface area contributed by atoms with Crippen LogP contribution in [0.4, 0.5) is 5.82 Å². The van der Waals surface area contributed by atoms with Crippen molar-refractivity contribution in [1.82, 2.24) is 10.2 Å². The van der Waals surface area contributed by atoms with E-state index < -0.39 is 5.24 Å². The molecule has 0 atom stereocenters. The number of anilines is 1. The van der Waals surface area contributed by atoms with Crippen LogP contribution in [0.2, 0.25) is 0 Å². The average molecular weight is 222 g/mol. The molecule has 0 unspecified atom stereocenters. The van der Waals surface area contributed by atoms with Crippen LogP contribution in [-0.4, -0.2) is 15.4 Å². The quantitative estimate of drug-likeness (QED) is 0.763. The van der Waals surface area contributed by atoms with Gasteiger partial charge < -0.3 is 5.73 Å².